The first-order valence-corrected chi connectivity index (χ1v) is 11.3. The topological polar surface area (TPSA) is 72.0 Å². The molecule has 1 aromatic carbocycles. The molecule has 170 valence electrons. The number of likely N-dealkylation sites (tertiary alicyclic amines) is 1. The molecule has 32 heavy (non-hydrogen) atoms. The first-order chi connectivity index (χ1) is 15.3. The van der Waals surface area contributed by atoms with Gasteiger partial charge in [0.15, 0.2) is 0 Å². The SMILES string of the molecule is CC(C)(C)OC(=O)N(c1ccc([C@@H]2CCCN2C(=O)OCc2ccccc2)cn1)C1CC1. The van der Waals surface area contributed by atoms with E-state index in [-0.39, 0.29) is 30.9 Å². The lowest BCUT2D eigenvalue weighted by atomic mass is 10.1. The van der Waals surface area contributed by atoms with Gasteiger partial charge in [0.1, 0.15) is 18.0 Å². The third kappa shape index (κ3) is 5.39. The van der Waals surface area contributed by atoms with Crippen LogP contribution >= 0.6 is 0 Å². The lowest BCUT2D eigenvalue weighted by Gasteiger charge is -2.27. The van der Waals surface area contributed by atoms with Crippen LogP contribution in [0, 0.1) is 0 Å². The van der Waals surface area contributed by atoms with Crippen LogP contribution in [0.5, 0.6) is 0 Å². The van der Waals surface area contributed by atoms with Crippen LogP contribution in [0.2, 0.25) is 0 Å². The van der Waals surface area contributed by atoms with E-state index in [0.717, 1.165) is 36.8 Å². The van der Waals surface area contributed by atoms with Gasteiger partial charge in [-0.3, -0.25) is 4.90 Å². The van der Waals surface area contributed by atoms with E-state index in [9.17, 15) is 9.59 Å². The molecular formula is C25H31N3O4. The average molecular weight is 438 g/mol. The second-order valence-electron chi connectivity index (χ2n) is 9.42. The summed E-state index contributed by atoms with van der Waals surface area (Å²) in [6.45, 7) is 6.49. The Morgan fingerprint density at radius 2 is 1.84 bits per heavy atom. The maximum atomic E-state index is 12.7. The van der Waals surface area contributed by atoms with Gasteiger partial charge in [0.2, 0.25) is 0 Å². The summed E-state index contributed by atoms with van der Waals surface area (Å²) in [4.78, 5) is 33.4. The molecule has 1 aliphatic heterocycles. The fourth-order valence-corrected chi connectivity index (χ4v) is 3.94. The van der Waals surface area contributed by atoms with Crippen LogP contribution in [-0.2, 0) is 16.1 Å². The molecule has 0 radical (unpaired) electrons. The molecule has 0 spiro atoms. The van der Waals surface area contributed by atoms with Crippen molar-refractivity contribution in [2.24, 2.45) is 0 Å². The number of pyridine rings is 1. The lowest BCUT2D eigenvalue weighted by molar-refractivity contribution is 0.0576. The van der Waals surface area contributed by atoms with Gasteiger partial charge in [-0.15, -0.1) is 0 Å². The van der Waals surface area contributed by atoms with E-state index in [2.05, 4.69) is 4.98 Å². The molecule has 1 saturated carbocycles. The Morgan fingerprint density at radius 3 is 2.47 bits per heavy atom. The third-order valence-corrected chi connectivity index (χ3v) is 5.60. The predicted octanol–water partition coefficient (Wildman–Crippen LogP) is 5.46. The van der Waals surface area contributed by atoms with Crippen molar-refractivity contribution in [1.82, 2.24) is 9.88 Å². The molecule has 1 aliphatic carbocycles. The van der Waals surface area contributed by atoms with E-state index in [0.29, 0.717) is 12.4 Å². The number of carbonyl (C=O) groups excluding carboxylic acids is 2. The summed E-state index contributed by atoms with van der Waals surface area (Å²) in [7, 11) is 0. The number of rotatable bonds is 5. The van der Waals surface area contributed by atoms with Crippen LogP contribution in [0.25, 0.3) is 0 Å². The van der Waals surface area contributed by atoms with Gasteiger partial charge in [-0.25, -0.2) is 14.6 Å². The summed E-state index contributed by atoms with van der Waals surface area (Å²) >= 11 is 0. The Morgan fingerprint density at radius 1 is 1.09 bits per heavy atom. The molecule has 0 unspecified atom stereocenters. The zero-order valence-corrected chi connectivity index (χ0v) is 19.0. The Balaban J connectivity index is 1.43. The molecular weight excluding hydrogens is 406 g/mol. The minimum atomic E-state index is -0.561. The third-order valence-electron chi connectivity index (χ3n) is 5.60. The fraction of sp³-hybridized carbons (Fsp3) is 0.480. The first kappa shape index (κ1) is 22.1. The summed E-state index contributed by atoms with van der Waals surface area (Å²) in [5, 5.41) is 0. The van der Waals surface area contributed by atoms with Crippen molar-refractivity contribution in [3.05, 3.63) is 59.8 Å². The molecule has 2 fully saturated rings. The molecule has 4 rings (SSSR count). The van der Waals surface area contributed by atoms with E-state index in [1.807, 2.05) is 63.2 Å². The van der Waals surface area contributed by atoms with Gasteiger partial charge in [0, 0.05) is 18.8 Å². The Hall–Kier alpha value is -3.09. The van der Waals surface area contributed by atoms with Crippen molar-refractivity contribution in [2.45, 2.75) is 70.7 Å². The molecule has 0 N–H and O–H groups in total. The Kier molecular flexibility index (Phi) is 6.35. The molecule has 0 bridgehead atoms. The number of anilines is 1. The minimum absolute atomic E-state index is 0.0734. The summed E-state index contributed by atoms with van der Waals surface area (Å²) in [6, 6.07) is 13.5. The highest BCUT2D eigenvalue weighted by Crippen LogP contribution is 2.35. The Bertz CT molecular complexity index is 936. The van der Waals surface area contributed by atoms with Crippen molar-refractivity contribution in [2.75, 3.05) is 11.4 Å². The number of carbonyl (C=O) groups is 2. The summed E-state index contributed by atoms with van der Waals surface area (Å²) < 4.78 is 11.1. The first-order valence-electron chi connectivity index (χ1n) is 11.3. The molecule has 1 aromatic heterocycles. The highest BCUT2D eigenvalue weighted by Gasteiger charge is 2.37. The number of hydrogen-bond donors (Lipinski definition) is 0. The van der Waals surface area contributed by atoms with Crippen molar-refractivity contribution in [3.63, 3.8) is 0 Å². The van der Waals surface area contributed by atoms with Crippen LogP contribution in [0.4, 0.5) is 15.4 Å². The van der Waals surface area contributed by atoms with Crippen LogP contribution in [-0.4, -0.2) is 40.3 Å². The normalized spacial score (nSPS) is 18.3. The molecule has 7 heteroatoms. The monoisotopic (exact) mass is 437 g/mol. The van der Waals surface area contributed by atoms with Crippen molar-refractivity contribution in [1.29, 1.82) is 0 Å². The number of aromatic nitrogens is 1. The van der Waals surface area contributed by atoms with Crippen molar-refractivity contribution in [3.8, 4) is 0 Å². The number of benzene rings is 1. The Labute approximate surface area is 189 Å². The van der Waals surface area contributed by atoms with Gasteiger partial charge < -0.3 is 14.4 Å². The summed E-state index contributed by atoms with van der Waals surface area (Å²) in [6.07, 6.45) is 4.76. The molecule has 7 nitrogen and oxygen atoms in total. The maximum Gasteiger partial charge on any atom is 0.416 e. The zero-order valence-electron chi connectivity index (χ0n) is 19.0. The largest absolute Gasteiger partial charge is 0.445 e. The molecule has 2 heterocycles. The standard InChI is InChI=1S/C25H31N3O4/c1-25(2,3)32-24(30)28(20-12-13-20)22-14-11-19(16-26-22)21-10-7-15-27(21)23(29)31-17-18-8-5-4-6-9-18/h4-6,8-9,11,14,16,20-21H,7,10,12-13,15,17H2,1-3H3/t21-/m0/s1. The predicted molar refractivity (Wildman–Crippen MR) is 121 cm³/mol. The second-order valence-corrected chi connectivity index (χ2v) is 9.42. The van der Waals surface area contributed by atoms with Gasteiger partial charge in [-0.1, -0.05) is 36.4 Å². The second kappa shape index (κ2) is 9.18. The smallest absolute Gasteiger partial charge is 0.416 e. The van der Waals surface area contributed by atoms with E-state index in [1.165, 1.54) is 0 Å². The highest BCUT2D eigenvalue weighted by atomic mass is 16.6. The number of hydrogen-bond acceptors (Lipinski definition) is 5. The van der Waals surface area contributed by atoms with E-state index < -0.39 is 5.60 Å². The maximum absolute atomic E-state index is 12.7. The lowest BCUT2D eigenvalue weighted by Crippen LogP contribution is -2.38. The van der Waals surface area contributed by atoms with Crippen LogP contribution in [0.15, 0.2) is 48.7 Å². The quantitative estimate of drug-likeness (QED) is 0.621. The molecule has 2 amide bonds. The fourth-order valence-electron chi connectivity index (χ4n) is 3.94. The number of amides is 2. The molecule has 1 atom stereocenters. The van der Waals surface area contributed by atoms with Gasteiger partial charge in [-0.2, -0.15) is 0 Å². The minimum Gasteiger partial charge on any atom is -0.445 e. The van der Waals surface area contributed by atoms with Crippen molar-refractivity contribution < 1.29 is 19.1 Å². The summed E-state index contributed by atoms with van der Waals surface area (Å²) in [5.74, 6) is 0.585. The van der Waals surface area contributed by atoms with Gasteiger partial charge in [-0.05, 0) is 63.6 Å². The zero-order chi connectivity index (χ0) is 22.7. The van der Waals surface area contributed by atoms with E-state index in [1.54, 1.807) is 16.0 Å². The molecule has 1 saturated heterocycles. The highest BCUT2D eigenvalue weighted by molar-refractivity contribution is 5.88. The molecule has 2 aromatic rings. The van der Waals surface area contributed by atoms with E-state index >= 15 is 0 Å². The van der Waals surface area contributed by atoms with Crippen molar-refractivity contribution >= 4 is 18.0 Å². The van der Waals surface area contributed by atoms with Crippen LogP contribution in [0.1, 0.15) is 63.6 Å². The van der Waals surface area contributed by atoms with E-state index in [4.69, 9.17) is 9.47 Å². The number of nitrogens with zero attached hydrogens (tertiary/aromatic N) is 3. The van der Waals surface area contributed by atoms with Gasteiger partial charge in [0.25, 0.3) is 0 Å². The summed E-state index contributed by atoms with van der Waals surface area (Å²) in [5.41, 5.74) is 1.35. The molecule has 2 aliphatic rings. The van der Waals surface area contributed by atoms with Crippen LogP contribution < -0.4 is 4.90 Å². The number of ether oxygens (including phenoxy) is 2. The average Bonchev–Trinajstić information content (AvgIpc) is 3.46. The van der Waals surface area contributed by atoms with Gasteiger partial charge >= 0.3 is 12.2 Å². The van der Waals surface area contributed by atoms with Crippen LogP contribution in [0.3, 0.4) is 0 Å². The van der Waals surface area contributed by atoms with Gasteiger partial charge in [0.05, 0.1) is 6.04 Å².